The van der Waals surface area contributed by atoms with Gasteiger partial charge in [0.15, 0.2) is 5.70 Å². The van der Waals surface area contributed by atoms with E-state index in [0.717, 1.165) is 29.9 Å². The molecular formula is C29H37NO3. The van der Waals surface area contributed by atoms with E-state index in [-0.39, 0.29) is 0 Å². The van der Waals surface area contributed by atoms with E-state index < -0.39 is 5.97 Å². The highest BCUT2D eigenvalue weighted by molar-refractivity contribution is 6.12. The van der Waals surface area contributed by atoms with Crippen LogP contribution in [0.2, 0.25) is 0 Å². The maximum atomic E-state index is 12.3. The lowest BCUT2D eigenvalue weighted by Crippen LogP contribution is -2.05. The van der Waals surface area contributed by atoms with Gasteiger partial charge in [-0.2, -0.15) is 0 Å². The summed E-state index contributed by atoms with van der Waals surface area (Å²) in [7, 11) is 0. The number of hydrogen-bond donors (Lipinski definition) is 0. The monoisotopic (exact) mass is 447 g/mol. The van der Waals surface area contributed by atoms with E-state index in [1.165, 1.54) is 50.5 Å². The minimum Gasteiger partial charge on any atom is -0.494 e. The van der Waals surface area contributed by atoms with E-state index in [2.05, 4.69) is 37.9 Å². The van der Waals surface area contributed by atoms with Crippen molar-refractivity contribution in [3.05, 3.63) is 70.9 Å². The predicted octanol–water partition coefficient (Wildman–Crippen LogP) is 7.67. The molecule has 2 aromatic carbocycles. The summed E-state index contributed by atoms with van der Waals surface area (Å²) in [5.74, 6) is 1.21. The smallest absolute Gasteiger partial charge is 0.363 e. The summed E-state index contributed by atoms with van der Waals surface area (Å²) in [6.07, 6.45) is 12.0. The highest BCUT2D eigenvalue weighted by Crippen LogP contribution is 2.22. The Balaban J connectivity index is 1.47. The van der Waals surface area contributed by atoms with Crippen LogP contribution in [0.25, 0.3) is 6.08 Å². The van der Waals surface area contributed by atoms with Crippen molar-refractivity contribution >= 4 is 17.9 Å². The van der Waals surface area contributed by atoms with Crippen molar-refractivity contribution in [2.45, 2.75) is 78.1 Å². The standard InChI is InChI=1S/C29H37NO3/c1-4-5-6-7-8-9-10-11-20-32-26-18-16-25(17-19-26)28-30-27(29(31)33-28)21-23-12-14-24(15-13-23)22(2)3/h12-19,21-22H,4-11,20H2,1-3H3. The van der Waals surface area contributed by atoms with Gasteiger partial charge in [0.1, 0.15) is 5.75 Å². The third-order valence-electron chi connectivity index (χ3n) is 5.89. The summed E-state index contributed by atoms with van der Waals surface area (Å²) in [6.45, 7) is 7.29. The van der Waals surface area contributed by atoms with Gasteiger partial charge in [-0.1, -0.05) is 90.0 Å². The minimum atomic E-state index is -0.423. The average Bonchev–Trinajstić information content (AvgIpc) is 3.18. The number of carbonyl (C=O) groups excluding carboxylic acids is 1. The predicted molar refractivity (Wildman–Crippen MR) is 136 cm³/mol. The van der Waals surface area contributed by atoms with Gasteiger partial charge in [0.2, 0.25) is 5.90 Å². The number of benzene rings is 2. The van der Waals surface area contributed by atoms with E-state index in [9.17, 15) is 4.79 Å². The average molecular weight is 448 g/mol. The topological polar surface area (TPSA) is 47.9 Å². The van der Waals surface area contributed by atoms with Gasteiger partial charge in [0.05, 0.1) is 6.61 Å². The zero-order valence-corrected chi connectivity index (χ0v) is 20.3. The van der Waals surface area contributed by atoms with Crippen LogP contribution < -0.4 is 4.74 Å². The maximum absolute atomic E-state index is 12.3. The first kappa shape index (κ1) is 24.8. The van der Waals surface area contributed by atoms with E-state index in [4.69, 9.17) is 9.47 Å². The van der Waals surface area contributed by atoms with Gasteiger partial charge in [-0.3, -0.25) is 0 Å². The number of ether oxygens (including phenoxy) is 2. The summed E-state index contributed by atoms with van der Waals surface area (Å²) in [4.78, 5) is 16.7. The van der Waals surface area contributed by atoms with Crippen LogP contribution in [-0.2, 0) is 9.53 Å². The molecule has 0 aromatic heterocycles. The number of aliphatic imine (C=N–C) groups is 1. The highest BCUT2D eigenvalue weighted by Gasteiger charge is 2.24. The van der Waals surface area contributed by atoms with Gasteiger partial charge in [-0.15, -0.1) is 0 Å². The Hall–Kier alpha value is -2.88. The van der Waals surface area contributed by atoms with Gasteiger partial charge >= 0.3 is 5.97 Å². The van der Waals surface area contributed by atoms with Gasteiger partial charge in [0.25, 0.3) is 0 Å². The summed E-state index contributed by atoms with van der Waals surface area (Å²) < 4.78 is 11.3. The van der Waals surface area contributed by atoms with Gasteiger partial charge in [-0.05, 0) is 53.8 Å². The van der Waals surface area contributed by atoms with Crippen molar-refractivity contribution in [1.29, 1.82) is 0 Å². The number of hydrogen-bond acceptors (Lipinski definition) is 4. The van der Waals surface area contributed by atoms with Crippen molar-refractivity contribution < 1.29 is 14.3 Å². The number of cyclic esters (lactones) is 1. The molecule has 0 saturated carbocycles. The molecule has 0 aliphatic carbocycles. The Bertz CT molecular complexity index is 940. The van der Waals surface area contributed by atoms with E-state index in [1.807, 2.05) is 36.4 Å². The molecule has 33 heavy (non-hydrogen) atoms. The molecule has 1 aliphatic rings. The van der Waals surface area contributed by atoms with Crippen LogP contribution in [0.1, 0.15) is 94.7 Å². The van der Waals surface area contributed by atoms with Crippen LogP contribution in [0.3, 0.4) is 0 Å². The second kappa shape index (κ2) is 13.0. The third kappa shape index (κ3) is 7.88. The van der Waals surface area contributed by atoms with Crippen molar-refractivity contribution in [2.24, 2.45) is 4.99 Å². The lowest BCUT2D eigenvalue weighted by atomic mass is 10.0. The molecule has 4 nitrogen and oxygen atoms in total. The first-order chi connectivity index (χ1) is 16.1. The Morgan fingerprint density at radius 3 is 2.15 bits per heavy atom. The molecule has 1 aliphatic heterocycles. The second-order valence-electron chi connectivity index (χ2n) is 9.01. The molecular weight excluding hydrogens is 410 g/mol. The Morgan fingerprint density at radius 1 is 0.879 bits per heavy atom. The summed E-state index contributed by atoms with van der Waals surface area (Å²) in [6, 6.07) is 15.7. The Morgan fingerprint density at radius 2 is 1.52 bits per heavy atom. The van der Waals surface area contributed by atoms with E-state index in [1.54, 1.807) is 6.08 Å². The molecule has 0 amide bonds. The van der Waals surface area contributed by atoms with Crippen LogP contribution in [0, 0.1) is 0 Å². The van der Waals surface area contributed by atoms with Crippen LogP contribution in [-0.4, -0.2) is 18.5 Å². The maximum Gasteiger partial charge on any atom is 0.363 e. The number of carbonyl (C=O) groups is 1. The zero-order chi connectivity index (χ0) is 23.5. The number of unbranched alkanes of at least 4 members (excludes halogenated alkanes) is 7. The molecule has 0 radical (unpaired) electrons. The quantitative estimate of drug-likeness (QED) is 0.180. The molecule has 0 N–H and O–H groups in total. The summed E-state index contributed by atoms with van der Waals surface area (Å²) in [5, 5.41) is 0. The molecule has 3 rings (SSSR count). The molecule has 0 fully saturated rings. The molecule has 1 heterocycles. The van der Waals surface area contributed by atoms with Gasteiger partial charge in [-0.25, -0.2) is 9.79 Å². The molecule has 4 heteroatoms. The van der Waals surface area contributed by atoms with Gasteiger partial charge < -0.3 is 9.47 Å². The fourth-order valence-electron chi connectivity index (χ4n) is 3.79. The lowest BCUT2D eigenvalue weighted by Gasteiger charge is -2.07. The molecule has 2 aromatic rings. The van der Waals surface area contributed by atoms with Crippen molar-refractivity contribution in [3.63, 3.8) is 0 Å². The number of nitrogens with zero attached hydrogens (tertiary/aromatic N) is 1. The van der Waals surface area contributed by atoms with Crippen LogP contribution in [0.5, 0.6) is 5.75 Å². The first-order valence-corrected chi connectivity index (χ1v) is 12.4. The number of esters is 1. The van der Waals surface area contributed by atoms with E-state index >= 15 is 0 Å². The largest absolute Gasteiger partial charge is 0.494 e. The first-order valence-electron chi connectivity index (χ1n) is 12.4. The zero-order valence-electron chi connectivity index (χ0n) is 20.3. The van der Waals surface area contributed by atoms with Gasteiger partial charge in [0, 0.05) is 5.56 Å². The Labute approximate surface area is 198 Å². The van der Waals surface area contributed by atoms with Crippen LogP contribution in [0.4, 0.5) is 0 Å². The van der Waals surface area contributed by atoms with Crippen molar-refractivity contribution in [1.82, 2.24) is 0 Å². The van der Waals surface area contributed by atoms with E-state index in [0.29, 0.717) is 17.5 Å². The van der Waals surface area contributed by atoms with Crippen molar-refractivity contribution in [2.75, 3.05) is 6.61 Å². The van der Waals surface area contributed by atoms with Crippen LogP contribution in [0.15, 0.2) is 59.2 Å². The number of rotatable bonds is 13. The summed E-state index contributed by atoms with van der Waals surface area (Å²) >= 11 is 0. The van der Waals surface area contributed by atoms with Crippen LogP contribution >= 0.6 is 0 Å². The normalized spacial score (nSPS) is 14.6. The van der Waals surface area contributed by atoms with Crippen molar-refractivity contribution in [3.8, 4) is 5.75 Å². The summed E-state index contributed by atoms with van der Waals surface area (Å²) in [5.41, 5.74) is 3.28. The Kier molecular flexibility index (Phi) is 9.74. The third-order valence-corrected chi connectivity index (χ3v) is 5.89. The fraction of sp³-hybridized carbons (Fsp3) is 0.448. The molecule has 0 atom stereocenters. The molecule has 0 spiro atoms. The molecule has 0 unspecified atom stereocenters. The highest BCUT2D eigenvalue weighted by atomic mass is 16.6. The fourth-order valence-corrected chi connectivity index (χ4v) is 3.79. The second-order valence-corrected chi connectivity index (χ2v) is 9.01. The molecule has 0 bridgehead atoms. The molecule has 0 saturated heterocycles. The SMILES string of the molecule is CCCCCCCCCCOc1ccc(C2=NC(=Cc3ccc(C(C)C)cc3)C(=O)O2)cc1. The minimum absolute atomic E-state index is 0.317. The molecule has 176 valence electrons. The lowest BCUT2D eigenvalue weighted by molar-refractivity contribution is -0.129.